The number of hydrogen-bond donors (Lipinski definition) is 0. The average molecular weight is 383 g/mol. The Kier molecular flexibility index (Phi) is 5.35. The van der Waals surface area contributed by atoms with Gasteiger partial charge in [-0.1, -0.05) is 12.1 Å². The third kappa shape index (κ3) is 3.98. The number of carbonyl (C=O) groups excluding carboxylic acids is 2. The van der Waals surface area contributed by atoms with Gasteiger partial charge in [-0.3, -0.25) is 14.9 Å². The lowest BCUT2D eigenvalue weighted by atomic mass is 10.1. The van der Waals surface area contributed by atoms with Gasteiger partial charge in [-0.15, -0.1) is 0 Å². The number of hydrazone groups is 1. The summed E-state index contributed by atoms with van der Waals surface area (Å²) in [6.45, 7) is 1.87. The third-order valence-electron chi connectivity index (χ3n) is 4.08. The van der Waals surface area contributed by atoms with Gasteiger partial charge in [0, 0.05) is 12.8 Å². The Morgan fingerprint density at radius 2 is 2.00 bits per heavy atom. The number of nitrogens with zero attached hydrogens (tertiary/aromatic N) is 3. The number of ether oxygens (including phenoxy) is 2. The molecule has 0 atom stereocenters. The van der Waals surface area contributed by atoms with E-state index in [-0.39, 0.29) is 36.0 Å². The third-order valence-corrected chi connectivity index (χ3v) is 4.08. The van der Waals surface area contributed by atoms with Crippen molar-refractivity contribution in [3.8, 4) is 11.5 Å². The van der Waals surface area contributed by atoms with E-state index in [4.69, 9.17) is 9.47 Å². The SMILES string of the molecule is COc1ccc(OC(=O)C2=NN(c3cccc(C)c3)C(=O)CC2)c([N+](=O)[O-])c1. The van der Waals surface area contributed by atoms with Crippen LogP contribution in [0.4, 0.5) is 11.4 Å². The second kappa shape index (κ2) is 7.87. The molecular weight excluding hydrogens is 366 g/mol. The Labute approximate surface area is 160 Å². The zero-order valence-electron chi connectivity index (χ0n) is 15.2. The molecule has 0 saturated heterocycles. The summed E-state index contributed by atoms with van der Waals surface area (Å²) in [5, 5.41) is 16.5. The number of nitro groups is 1. The zero-order valence-corrected chi connectivity index (χ0v) is 15.2. The van der Waals surface area contributed by atoms with Gasteiger partial charge < -0.3 is 9.47 Å². The van der Waals surface area contributed by atoms with E-state index < -0.39 is 16.6 Å². The van der Waals surface area contributed by atoms with E-state index in [1.165, 1.54) is 19.2 Å². The van der Waals surface area contributed by atoms with Gasteiger partial charge in [0.1, 0.15) is 11.5 Å². The molecule has 1 heterocycles. The van der Waals surface area contributed by atoms with Crippen LogP contribution in [-0.4, -0.2) is 29.6 Å². The number of methoxy groups -OCH3 is 1. The number of carbonyl (C=O) groups is 2. The van der Waals surface area contributed by atoms with Gasteiger partial charge in [-0.2, -0.15) is 5.10 Å². The predicted octanol–water partition coefficient (Wildman–Crippen LogP) is 3.00. The van der Waals surface area contributed by atoms with Gasteiger partial charge >= 0.3 is 11.7 Å². The summed E-state index contributed by atoms with van der Waals surface area (Å²) in [7, 11) is 1.37. The maximum Gasteiger partial charge on any atom is 0.360 e. The van der Waals surface area contributed by atoms with Crippen LogP contribution in [0.3, 0.4) is 0 Å². The Morgan fingerprint density at radius 3 is 2.68 bits per heavy atom. The lowest BCUT2D eigenvalue weighted by Crippen LogP contribution is -2.35. The minimum absolute atomic E-state index is 0.00576. The molecule has 1 aliphatic rings. The molecule has 144 valence electrons. The first kappa shape index (κ1) is 19.0. The average Bonchev–Trinajstić information content (AvgIpc) is 2.68. The van der Waals surface area contributed by atoms with Crippen molar-refractivity contribution in [3.05, 3.63) is 58.1 Å². The lowest BCUT2D eigenvalue weighted by molar-refractivity contribution is -0.385. The molecule has 9 heteroatoms. The van der Waals surface area contributed by atoms with Crippen LogP contribution in [0.25, 0.3) is 0 Å². The van der Waals surface area contributed by atoms with Crippen LogP contribution >= 0.6 is 0 Å². The Hall–Kier alpha value is -3.75. The minimum atomic E-state index is -0.849. The molecule has 0 fully saturated rings. The van der Waals surface area contributed by atoms with Crippen LogP contribution in [0.5, 0.6) is 11.5 Å². The highest BCUT2D eigenvalue weighted by Gasteiger charge is 2.28. The molecule has 9 nitrogen and oxygen atoms in total. The van der Waals surface area contributed by atoms with Crippen LogP contribution in [0.15, 0.2) is 47.6 Å². The fourth-order valence-corrected chi connectivity index (χ4v) is 2.67. The van der Waals surface area contributed by atoms with Crippen molar-refractivity contribution in [2.24, 2.45) is 5.10 Å². The smallest absolute Gasteiger partial charge is 0.360 e. The minimum Gasteiger partial charge on any atom is -0.496 e. The maximum atomic E-state index is 12.5. The molecule has 0 aromatic heterocycles. The van der Waals surface area contributed by atoms with E-state index in [0.29, 0.717) is 5.69 Å². The Balaban J connectivity index is 1.87. The van der Waals surface area contributed by atoms with Crippen molar-refractivity contribution in [3.63, 3.8) is 0 Å². The van der Waals surface area contributed by atoms with Crippen molar-refractivity contribution < 1.29 is 24.0 Å². The van der Waals surface area contributed by atoms with Crippen LogP contribution in [-0.2, 0) is 9.59 Å². The van der Waals surface area contributed by atoms with E-state index in [2.05, 4.69) is 5.10 Å². The maximum absolute atomic E-state index is 12.5. The second-order valence-corrected chi connectivity index (χ2v) is 6.07. The molecular formula is C19H17N3O6. The van der Waals surface area contributed by atoms with Crippen LogP contribution < -0.4 is 14.5 Å². The first-order valence-corrected chi connectivity index (χ1v) is 8.40. The highest BCUT2D eigenvalue weighted by atomic mass is 16.6. The number of aryl methyl sites for hydroxylation is 1. The molecule has 0 spiro atoms. The fourth-order valence-electron chi connectivity index (χ4n) is 2.67. The number of anilines is 1. The van der Waals surface area contributed by atoms with E-state index in [0.717, 1.165) is 16.6 Å². The number of rotatable bonds is 5. The first-order valence-electron chi connectivity index (χ1n) is 8.40. The van der Waals surface area contributed by atoms with Crippen molar-refractivity contribution in [1.82, 2.24) is 0 Å². The molecule has 2 aromatic carbocycles. The topological polar surface area (TPSA) is 111 Å². The molecule has 0 bridgehead atoms. The van der Waals surface area contributed by atoms with E-state index >= 15 is 0 Å². The summed E-state index contributed by atoms with van der Waals surface area (Å²) in [5.74, 6) is -1.06. The van der Waals surface area contributed by atoms with Crippen molar-refractivity contribution in [2.45, 2.75) is 19.8 Å². The summed E-state index contributed by atoms with van der Waals surface area (Å²) >= 11 is 0. The molecule has 0 N–H and O–H groups in total. The van der Waals surface area contributed by atoms with Crippen LogP contribution in [0.1, 0.15) is 18.4 Å². The quantitative estimate of drug-likeness (QED) is 0.340. The number of esters is 1. The van der Waals surface area contributed by atoms with E-state index in [9.17, 15) is 19.7 Å². The normalized spacial score (nSPS) is 13.7. The largest absolute Gasteiger partial charge is 0.496 e. The molecule has 0 saturated carbocycles. The molecule has 0 radical (unpaired) electrons. The van der Waals surface area contributed by atoms with Crippen molar-refractivity contribution in [2.75, 3.05) is 12.1 Å². The lowest BCUT2D eigenvalue weighted by Gasteiger charge is -2.23. The van der Waals surface area contributed by atoms with Gasteiger partial charge in [-0.05, 0) is 36.8 Å². The molecule has 0 aliphatic carbocycles. The fraction of sp³-hybridized carbons (Fsp3) is 0.211. The number of amides is 1. The van der Waals surface area contributed by atoms with Gasteiger partial charge in [-0.25, -0.2) is 9.80 Å². The number of nitro benzene ring substituents is 1. The highest BCUT2D eigenvalue weighted by Crippen LogP contribution is 2.31. The summed E-state index contributed by atoms with van der Waals surface area (Å²) < 4.78 is 10.1. The van der Waals surface area contributed by atoms with Crippen LogP contribution in [0, 0.1) is 17.0 Å². The van der Waals surface area contributed by atoms with Crippen LogP contribution in [0.2, 0.25) is 0 Å². The predicted molar refractivity (Wildman–Crippen MR) is 101 cm³/mol. The highest BCUT2D eigenvalue weighted by molar-refractivity contribution is 6.38. The summed E-state index contributed by atoms with van der Waals surface area (Å²) in [6, 6.07) is 11.0. The first-order chi connectivity index (χ1) is 13.4. The number of hydrogen-bond acceptors (Lipinski definition) is 7. The second-order valence-electron chi connectivity index (χ2n) is 6.07. The molecule has 1 aliphatic heterocycles. The standard InChI is InChI=1S/C19H17N3O6/c1-12-4-3-5-13(10-12)21-18(23)9-7-15(20-21)19(24)28-17-8-6-14(27-2)11-16(17)22(25)26/h3-6,8,10-11H,7,9H2,1-2H3. The van der Waals surface area contributed by atoms with Gasteiger partial charge in [0.05, 0.1) is 23.8 Å². The van der Waals surface area contributed by atoms with E-state index in [1.807, 2.05) is 13.0 Å². The monoisotopic (exact) mass is 383 g/mol. The van der Waals surface area contributed by atoms with Crippen molar-refractivity contribution in [1.29, 1.82) is 0 Å². The zero-order chi connectivity index (χ0) is 20.3. The molecule has 1 amide bonds. The Bertz CT molecular complexity index is 985. The molecule has 0 unspecified atom stereocenters. The van der Waals surface area contributed by atoms with Gasteiger partial charge in [0.15, 0.2) is 0 Å². The molecule has 2 aromatic rings. The summed E-state index contributed by atoms with van der Waals surface area (Å²) in [4.78, 5) is 35.3. The Morgan fingerprint density at radius 1 is 1.21 bits per heavy atom. The molecule has 28 heavy (non-hydrogen) atoms. The van der Waals surface area contributed by atoms with Gasteiger partial charge in [0.25, 0.3) is 0 Å². The van der Waals surface area contributed by atoms with Crippen molar-refractivity contribution >= 4 is 29.0 Å². The number of benzene rings is 2. The molecule has 3 rings (SSSR count). The summed E-state index contributed by atoms with van der Waals surface area (Å²) in [6.07, 6.45) is 0.163. The van der Waals surface area contributed by atoms with E-state index in [1.54, 1.807) is 18.2 Å². The van der Waals surface area contributed by atoms with Gasteiger partial charge in [0.2, 0.25) is 11.7 Å². The summed E-state index contributed by atoms with van der Waals surface area (Å²) in [5.41, 5.74) is 1.07.